The molecule has 206 valence electrons. The molecule has 0 bridgehead atoms. The lowest BCUT2D eigenvalue weighted by molar-refractivity contribution is 0.0838. The average molecular weight is 528 g/mol. The van der Waals surface area contributed by atoms with Gasteiger partial charge in [-0.1, -0.05) is 6.07 Å². The maximum Gasteiger partial charge on any atom is 0.161 e. The van der Waals surface area contributed by atoms with Gasteiger partial charge in [0.2, 0.25) is 0 Å². The van der Waals surface area contributed by atoms with Crippen LogP contribution in [0.5, 0.6) is 11.5 Å². The summed E-state index contributed by atoms with van der Waals surface area (Å²) in [4.78, 5) is 13.3. The van der Waals surface area contributed by atoms with Crippen molar-refractivity contribution in [2.75, 3.05) is 40.4 Å². The van der Waals surface area contributed by atoms with Crippen LogP contribution in [0.2, 0.25) is 0 Å². The number of nitrogens with one attached hydrogen (secondary N) is 1. The Morgan fingerprint density at radius 3 is 2.38 bits per heavy atom. The molecule has 0 aliphatic carbocycles. The molecule has 0 atom stereocenters. The first-order valence-electron chi connectivity index (χ1n) is 14.3. The molecule has 4 heterocycles. The van der Waals surface area contributed by atoms with Gasteiger partial charge in [0.25, 0.3) is 0 Å². The maximum atomic E-state index is 5.55. The minimum atomic E-state index is 0.634. The molecule has 2 saturated heterocycles. The summed E-state index contributed by atoms with van der Waals surface area (Å²) in [6.07, 6.45) is 8.93. The van der Waals surface area contributed by atoms with Gasteiger partial charge < -0.3 is 23.9 Å². The van der Waals surface area contributed by atoms with Gasteiger partial charge in [-0.3, -0.25) is 4.90 Å². The fourth-order valence-corrected chi connectivity index (χ4v) is 6.69. The van der Waals surface area contributed by atoms with Crippen LogP contribution in [0.15, 0.2) is 48.9 Å². The number of rotatable bonds is 7. The number of likely N-dealkylation sites (tertiary alicyclic amines) is 2. The standard InChI is InChI=1S/C32H41N5O2/c1-22-28-17-24(5-7-29(28)34-32(22)25-6-8-30(38-3)31(18-25)39-4)23-9-15-37(16-10-23)26-11-13-36(14-12-26)20-27-19-33-21-35(27)2/h5-8,17-19,21,23,26,34H,9-16,20H2,1-4H3. The van der Waals surface area contributed by atoms with Crippen LogP contribution in [0.25, 0.3) is 22.2 Å². The Morgan fingerprint density at radius 1 is 0.923 bits per heavy atom. The molecular formula is C32H41N5O2. The zero-order valence-electron chi connectivity index (χ0n) is 23.7. The summed E-state index contributed by atoms with van der Waals surface area (Å²) in [5.41, 5.74) is 7.52. The van der Waals surface area contributed by atoms with Gasteiger partial charge in [-0.2, -0.15) is 0 Å². The van der Waals surface area contributed by atoms with Crippen LogP contribution < -0.4 is 9.47 Å². The Bertz CT molecular complexity index is 1420. The number of fused-ring (bicyclic) bond motifs is 1. The van der Waals surface area contributed by atoms with Crippen molar-refractivity contribution in [3.05, 3.63) is 65.7 Å². The number of aromatic amines is 1. The Hall–Kier alpha value is -3.29. The van der Waals surface area contributed by atoms with Gasteiger partial charge in [0.1, 0.15) is 0 Å². The lowest BCUT2D eigenvalue weighted by atomic mass is 9.87. The molecular weight excluding hydrogens is 486 g/mol. The molecule has 0 unspecified atom stereocenters. The number of H-pyrrole nitrogens is 1. The number of imidazole rings is 1. The summed E-state index contributed by atoms with van der Waals surface area (Å²) in [6, 6.07) is 13.9. The number of ether oxygens (including phenoxy) is 2. The van der Waals surface area contributed by atoms with Gasteiger partial charge in [-0.25, -0.2) is 4.98 Å². The molecule has 2 aliphatic rings. The van der Waals surface area contributed by atoms with E-state index >= 15 is 0 Å². The molecule has 4 aromatic rings. The summed E-state index contributed by atoms with van der Waals surface area (Å²) in [7, 11) is 5.45. The monoisotopic (exact) mass is 527 g/mol. The van der Waals surface area contributed by atoms with Crippen molar-refractivity contribution in [2.24, 2.45) is 7.05 Å². The van der Waals surface area contributed by atoms with Crippen molar-refractivity contribution in [1.29, 1.82) is 0 Å². The molecule has 2 aromatic heterocycles. The van der Waals surface area contributed by atoms with Crippen LogP contribution in [0.3, 0.4) is 0 Å². The highest BCUT2D eigenvalue weighted by Gasteiger charge is 2.29. The van der Waals surface area contributed by atoms with Crippen molar-refractivity contribution in [2.45, 2.75) is 51.1 Å². The first-order chi connectivity index (χ1) is 19.0. The Kier molecular flexibility index (Phi) is 7.36. The fourth-order valence-electron chi connectivity index (χ4n) is 6.69. The fraction of sp³-hybridized carbons (Fsp3) is 0.469. The minimum absolute atomic E-state index is 0.634. The molecule has 7 heteroatoms. The number of benzene rings is 2. The Labute approximate surface area is 231 Å². The van der Waals surface area contributed by atoms with Crippen molar-refractivity contribution >= 4 is 10.9 Å². The first-order valence-corrected chi connectivity index (χ1v) is 14.3. The van der Waals surface area contributed by atoms with Crippen LogP contribution >= 0.6 is 0 Å². The van der Waals surface area contributed by atoms with E-state index in [9.17, 15) is 0 Å². The summed E-state index contributed by atoms with van der Waals surface area (Å²) < 4.78 is 13.1. The zero-order chi connectivity index (χ0) is 26.9. The van der Waals surface area contributed by atoms with Gasteiger partial charge in [-0.05, 0) is 93.1 Å². The van der Waals surface area contributed by atoms with E-state index in [0.717, 1.165) is 35.3 Å². The number of hydrogen-bond acceptors (Lipinski definition) is 5. The summed E-state index contributed by atoms with van der Waals surface area (Å²) >= 11 is 0. The molecule has 6 rings (SSSR count). The third-order valence-electron chi connectivity index (χ3n) is 9.13. The van der Waals surface area contributed by atoms with E-state index < -0.39 is 0 Å². The predicted molar refractivity (Wildman–Crippen MR) is 157 cm³/mol. The van der Waals surface area contributed by atoms with Gasteiger partial charge in [0.15, 0.2) is 11.5 Å². The molecule has 0 radical (unpaired) electrons. The summed E-state index contributed by atoms with van der Waals surface area (Å²) in [6.45, 7) is 8.01. The van der Waals surface area contributed by atoms with Crippen LogP contribution in [-0.4, -0.2) is 70.8 Å². The third-order valence-corrected chi connectivity index (χ3v) is 9.13. The van der Waals surface area contributed by atoms with Gasteiger partial charge in [0, 0.05) is 61.1 Å². The van der Waals surface area contributed by atoms with Crippen molar-refractivity contribution in [3.63, 3.8) is 0 Å². The van der Waals surface area contributed by atoms with E-state index in [0.29, 0.717) is 5.92 Å². The highest BCUT2D eigenvalue weighted by Crippen LogP contribution is 2.38. The highest BCUT2D eigenvalue weighted by atomic mass is 16.5. The zero-order valence-corrected chi connectivity index (χ0v) is 23.7. The maximum absolute atomic E-state index is 5.55. The Morgan fingerprint density at radius 2 is 1.69 bits per heavy atom. The van der Waals surface area contributed by atoms with Crippen LogP contribution in [0, 0.1) is 6.92 Å². The van der Waals surface area contributed by atoms with Crippen molar-refractivity contribution in [1.82, 2.24) is 24.3 Å². The molecule has 0 saturated carbocycles. The second-order valence-electron chi connectivity index (χ2n) is 11.3. The van der Waals surface area contributed by atoms with E-state index in [1.54, 1.807) is 14.2 Å². The molecule has 0 spiro atoms. The summed E-state index contributed by atoms with van der Waals surface area (Å²) in [5, 5.41) is 1.32. The molecule has 2 fully saturated rings. The van der Waals surface area contributed by atoms with E-state index in [2.05, 4.69) is 68.6 Å². The van der Waals surface area contributed by atoms with Gasteiger partial charge in [-0.15, -0.1) is 0 Å². The van der Waals surface area contributed by atoms with E-state index in [1.165, 1.54) is 79.6 Å². The SMILES string of the molecule is COc1ccc(-c2[nH]c3ccc(C4CCN(C5CCN(Cc6cncn6C)CC5)CC4)cc3c2C)cc1OC. The normalized spacial score (nSPS) is 18.2. The predicted octanol–water partition coefficient (Wildman–Crippen LogP) is 5.74. The first kappa shape index (κ1) is 26.0. The lowest BCUT2D eigenvalue weighted by Crippen LogP contribution is -2.47. The molecule has 2 aliphatic heterocycles. The van der Waals surface area contributed by atoms with Crippen molar-refractivity contribution < 1.29 is 9.47 Å². The van der Waals surface area contributed by atoms with E-state index in [-0.39, 0.29) is 0 Å². The van der Waals surface area contributed by atoms with Crippen molar-refractivity contribution in [3.8, 4) is 22.8 Å². The second kappa shape index (κ2) is 11.1. The van der Waals surface area contributed by atoms with E-state index in [1.807, 2.05) is 18.6 Å². The minimum Gasteiger partial charge on any atom is -0.493 e. The third kappa shape index (κ3) is 5.18. The average Bonchev–Trinajstić information content (AvgIpc) is 3.54. The highest BCUT2D eigenvalue weighted by molar-refractivity contribution is 5.91. The van der Waals surface area contributed by atoms with Crippen LogP contribution in [-0.2, 0) is 13.6 Å². The number of hydrogen-bond donors (Lipinski definition) is 1. The molecule has 7 nitrogen and oxygen atoms in total. The second-order valence-corrected chi connectivity index (χ2v) is 11.3. The number of aromatic nitrogens is 3. The van der Waals surface area contributed by atoms with Crippen LogP contribution in [0.1, 0.15) is 48.4 Å². The molecule has 1 N–H and O–H groups in total. The quantitative estimate of drug-likeness (QED) is 0.332. The summed E-state index contributed by atoms with van der Waals surface area (Å²) in [5.74, 6) is 2.13. The molecule has 2 aromatic carbocycles. The number of piperidine rings is 2. The van der Waals surface area contributed by atoms with Gasteiger partial charge >= 0.3 is 0 Å². The van der Waals surface area contributed by atoms with E-state index in [4.69, 9.17) is 9.47 Å². The van der Waals surface area contributed by atoms with Gasteiger partial charge in [0.05, 0.1) is 26.2 Å². The largest absolute Gasteiger partial charge is 0.493 e. The molecule has 39 heavy (non-hydrogen) atoms. The Balaban J connectivity index is 1.09. The number of nitrogens with zero attached hydrogens (tertiary/aromatic N) is 4. The lowest BCUT2D eigenvalue weighted by Gasteiger charge is -2.42. The molecule has 0 amide bonds. The topological polar surface area (TPSA) is 58.5 Å². The number of aryl methyl sites for hydroxylation is 2. The number of methoxy groups -OCH3 is 2. The van der Waals surface area contributed by atoms with Crippen LogP contribution in [0.4, 0.5) is 0 Å². The smallest absolute Gasteiger partial charge is 0.161 e.